The smallest absolute Gasteiger partial charge is 0.229 e. The summed E-state index contributed by atoms with van der Waals surface area (Å²) in [4.78, 5) is 23.4. The molecular formula is C28H32BrN8OP. The predicted octanol–water partition coefficient (Wildman–Crippen LogP) is 5.11. The van der Waals surface area contributed by atoms with E-state index in [-0.39, 0.29) is 0 Å². The van der Waals surface area contributed by atoms with Crippen LogP contribution in [-0.4, -0.2) is 78.0 Å². The average Bonchev–Trinajstić information content (AvgIpc) is 3.55. The van der Waals surface area contributed by atoms with Gasteiger partial charge in [0.2, 0.25) is 5.95 Å². The van der Waals surface area contributed by atoms with Gasteiger partial charge >= 0.3 is 0 Å². The molecule has 2 aromatic heterocycles. The van der Waals surface area contributed by atoms with Crippen LogP contribution in [0.25, 0.3) is 11.0 Å². The Balaban J connectivity index is 1.29. The van der Waals surface area contributed by atoms with Crippen molar-refractivity contribution in [2.24, 2.45) is 0 Å². The second-order valence-corrected chi connectivity index (χ2v) is 13.3. The molecule has 1 atom stereocenters. The molecule has 4 aromatic rings. The van der Waals surface area contributed by atoms with Crippen LogP contribution in [0.15, 0.2) is 47.3 Å². The van der Waals surface area contributed by atoms with Crippen LogP contribution >= 0.6 is 23.9 Å². The van der Waals surface area contributed by atoms with Crippen LogP contribution in [0.2, 0.25) is 0 Å². The number of hydrogen-bond acceptors (Lipinski definition) is 9. The fourth-order valence-electron chi connectivity index (χ4n) is 5.59. The van der Waals surface area contributed by atoms with E-state index in [1.165, 1.54) is 17.7 Å². The lowest BCUT2D eigenvalue weighted by atomic mass is 10.1. The largest absolute Gasteiger partial charge is 0.494 e. The first kappa shape index (κ1) is 26.2. The van der Waals surface area contributed by atoms with E-state index in [0.717, 1.165) is 64.0 Å². The predicted molar refractivity (Wildman–Crippen MR) is 164 cm³/mol. The molecular weight excluding hydrogens is 575 g/mol. The van der Waals surface area contributed by atoms with Crippen LogP contribution in [0.5, 0.6) is 5.75 Å². The van der Waals surface area contributed by atoms with Gasteiger partial charge in [0.15, 0.2) is 0 Å². The molecule has 1 unspecified atom stereocenters. The van der Waals surface area contributed by atoms with Gasteiger partial charge in [-0.15, -0.1) is 0 Å². The van der Waals surface area contributed by atoms with Gasteiger partial charge in [-0.3, -0.25) is 9.97 Å². The van der Waals surface area contributed by atoms with Crippen LogP contribution in [0.4, 0.5) is 28.8 Å². The van der Waals surface area contributed by atoms with Crippen LogP contribution in [0, 0.1) is 0 Å². The zero-order valence-corrected chi connectivity index (χ0v) is 25.1. The number of nitrogens with zero attached hydrogens (tertiary/aromatic N) is 6. The van der Waals surface area contributed by atoms with E-state index in [1.807, 2.05) is 12.1 Å². The van der Waals surface area contributed by atoms with Crippen molar-refractivity contribution in [2.75, 3.05) is 62.7 Å². The standard InChI is InChI=1S/C28H32BrN8OP/c1-36-11-8-18(16-36)37-12-7-17-13-22(24(38-2)14-23(17)37)34-28-32-15-19(29)27(35-28)33-21-6-5-20-25(26(21)39(3)4)31-10-9-30-20/h5-6,9-10,13-15,18H,7-8,11-12,16H2,1-4H3,(H2,32,33,34,35). The molecule has 2 aromatic carbocycles. The van der Waals surface area contributed by atoms with Crippen molar-refractivity contribution in [3.8, 4) is 5.75 Å². The number of likely N-dealkylation sites (N-methyl/N-ethyl adjacent to an activating group) is 1. The van der Waals surface area contributed by atoms with E-state index in [9.17, 15) is 0 Å². The number of halogens is 1. The van der Waals surface area contributed by atoms with Crippen molar-refractivity contribution in [3.05, 3.63) is 52.9 Å². The number of benzene rings is 2. The van der Waals surface area contributed by atoms with Gasteiger partial charge in [-0.2, -0.15) is 4.98 Å². The molecule has 0 amide bonds. The number of aromatic nitrogens is 4. The third kappa shape index (κ3) is 5.13. The number of ether oxygens (including phenoxy) is 1. The zero-order valence-electron chi connectivity index (χ0n) is 22.6. The Morgan fingerprint density at radius 1 is 1.05 bits per heavy atom. The quantitative estimate of drug-likeness (QED) is 0.278. The van der Waals surface area contributed by atoms with Crippen molar-refractivity contribution in [3.63, 3.8) is 0 Å². The zero-order chi connectivity index (χ0) is 27.1. The second kappa shape index (κ2) is 10.8. The maximum atomic E-state index is 5.82. The third-order valence-corrected chi connectivity index (χ3v) is 9.37. The van der Waals surface area contributed by atoms with E-state index < -0.39 is 7.92 Å². The van der Waals surface area contributed by atoms with Gasteiger partial charge in [-0.05, 0) is 79.5 Å². The molecule has 0 aliphatic carbocycles. The molecule has 2 N–H and O–H groups in total. The summed E-state index contributed by atoms with van der Waals surface area (Å²) in [6.07, 6.45) is 7.45. The number of rotatable bonds is 7. The van der Waals surface area contributed by atoms with Crippen molar-refractivity contribution >= 4 is 69.0 Å². The summed E-state index contributed by atoms with van der Waals surface area (Å²) in [5.74, 6) is 1.94. The minimum atomic E-state index is -0.451. The van der Waals surface area contributed by atoms with Gasteiger partial charge in [0.1, 0.15) is 11.6 Å². The van der Waals surface area contributed by atoms with Crippen molar-refractivity contribution in [2.45, 2.75) is 18.9 Å². The molecule has 1 saturated heterocycles. The summed E-state index contributed by atoms with van der Waals surface area (Å²) in [6.45, 7) is 7.74. The molecule has 0 radical (unpaired) electrons. The minimum absolute atomic E-state index is 0.451. The normalized spacial score (nSPS) is 17.2. The molecule has 4 heterocycles. The van der Waals surface area contributed by atoms with E-state index in [1.54, 1.807) is 25.7 Å². The molecule has 1 fully saturated rings. The average molecular weight is 607 g/mol. The molecule has 9 nitrogen and oxygen atoms in total. The SMILES string of the molecule is COc1cc2c(cc1Nc1ncc(Br)c(Nc3ccc4nccnc4c3P(C)C)n1)CCN2C1CCN(C)C1. The highest BCUT2D eigenvalue weighted by Crippen LogP contribution is 2.40. The van der Waals surface area contributed by atoms with Crippen molar-refractivity contribution in [1.82, 2.24) is 24.8 Å². The van der Waals surface area contributed by atoms with E-state index in [2.05, 4.69) is 83.8 Å². The lowest BCUT2D eigenvalue weighted by molar-refractivity contribution is 0.408. The van der Waals surface area contributed by atoms with Crippen LogP contribution in [0.3, 0.4) is 0 Å². The molecule has 0 spiro atoms. The lowest BCUT2D eigenvalue weighted by Crippen LogP contribution is -2.35. The van der Waals surface area contributed by atoms with Gasteiger partial charge in [-0.1, -0.05) is 7.92 Å². The van der Waals surface area contributed by atoms with Crippen molar-refractivity contribution < 1.29 is 4.74 Å². The molecule has 202 valence electrons. The molecule has 0 bridgehead atoms. The Morgan fingerprint density at radius 3 is 2.67 bits per heavy atom. The molecule has 6 rings (SSSR count). The van der Waals surface area contributed by atoms with E-state index in [0.29, 0.717) is 17.8 Å². The molecule has 11 heteroatoms. The van der Waals surface area contributed by atoms with Gasteiger partial charge in [0.05, 0.1) is 28.3 Å². The summed E-state index contributed by atoms with van der Waals surface area (Å²) in [5, 5.41) is 8.09. The second-order valence-electron chi connectivity index (χ2n) is 10.2. The van der Waals surface area contributed by atoms with Crippen LogP contribution in [0.1, 0.15) is 12.0 Å². The molecule has 2 aliphatic rings. The fraction of sp³-hybridized carbons (Fsp3) is 0.357. The number of anilines is 5. The number of likely N-dealkylation sites (tertiary alicyclic amines) is 1. The minimum Gasteiger partial charge on any atom is -0.494 e. The maximum Gasteiger partial charge on any atom is 0.229 e. The number of nitrogens with one attached hydrogen (secondary N) is 2. The number of methoxy groups -OCH3 is 1. The molecule has 2 aliphatic heterocycles. The summed E-state index contributed by atoms with van der Waals surface area (Å²) in [6, 6.07) is 8.94. The Morgan fingerprint density at radius 2 is 1.90 bits per heavy atom. The van der Waals surface area contributed by atoms with Gasteiger partial charge in [0, 0.05) is 60.5 Å². The highest BCUT2D eigenvalue weighted by atomic mass is 79.9. The first-order valence-corrected chi connectivity index (χ1v) is 16.1. The Bertz CT molecular complexity index is 1530. The fourth-order valence-corrected chi connectivity index (χ4v) is 7.09. The molecule has 0 saturated carbocycles. The lowest BCUT2D eigenvalue weighted by Gasteiger charge is -2.27. The van der Waals surface area contributed by atoms with Crippen molar-refractivity contribution in [1.29, 1.82) is 0 Å². The summed E-state index contributed by atoms with van der Waals surface area (Å²) < 4.78 is 6.59. The Kier molecular flexibility index (Phi) is 7.27. The Labute approximate surface area is 238 Å². The number of hydrogen-bond donors (Lipinski definition) is 2. The van der Waals surface area contributed by atoms with Crippen LogP contribution in [-0.2, 0) is 6.42 Å². The summed E-state index contributed by atoms with van der Waals surface area (Å²) in [5.41, 5.74) is 6.24. The van der Waals surface area contributed by atoms with E-state index in [4.69, 9.17) is 9.72 Å². The Hall–Kier alpha value is -3.07. The van der Waals surface area contributed by atoms with Gasteiger partial charge in [-0.25, -0.2) is 4.98 Å². The third-order valence-electron chi connectivity index (χ3n) is 7.44. The highest BCUT2D eigenvalue weighted by Gasteiger charge is 2.31. The first-order valence-electron chi connectivity index (χ1n) is 13.0. The summed E-state index contributed by atoms with van der Waals surface area (Å²) >= 11 is 3.62. The monoisotopic (exact) mass is 606 g/mol. The van der Waals surface area contributed by atoms with Gasteiger partial charge < -0.3 is 25.2 Å². The summed E-state index contributed by atoms with van der Waals surface area (Å²) in [7, 11) is 3.46. The first-order chi connectivity index (χ1) is 18.9. The van der Waals surface area contributed by atoms with Crippen LogP contribution < -0.4 is 25.6 Å². The van der Waals surface area contributed by atoms with Gasteiger partial charge in [0.25, 0.3) is 0 Å². The number of fused-ring (bicyclic) bond motifs is 2. The van der Waals surface area contributed by atoms with E-state index >= 15 is 0 Å². The molecule has 39 heavy (non-hydrogen) atoms. The highest BCUT2D eigenvalue weighted by molar-refractivity contribution is 9.10. The maximum absolute atomic E-state index is 5.82. The topological polar surface area (TPSA) is 91.3 Å².